The topological polar surface area (TPSA) is 119 Å². The zero-order chi connectivity index (χ0) is 26.6. The van der Waals surface area contributed by atoms with Gasteiger partial charge in [-0.25, -0.2) is 4.79 Å². The van der Waals surface area contributed by atoms with E-state index >= 15 is 0 Å². The van der Waals surface area contributed by atoms with Crippen LogP contribution in [0.15, 0.2) is 48.5 Å². The highest BCUT2D eigenvalue weighted by Gasteiger charge is 2.51. The van der Waals surface area contributed by atoms with Crippen molar-refractivity contribution < 1.29 is 33.5 Å². The van der Waals surface area contributed by atoms with Crippen molar-refractivity contribution in [2.75, 3.05) is 0 Å². The van der Waals surface area contributed by atoms with Gasteiger partial charge in [0.2, 0.25) is 0 Å². The number of cyclic esters (lactones) is 1. The third kappa shape index (κ3) is 4.32. The average Bonchev–Trinajstić information content (AvgIpc) is 3.08. The number of hydrogen-bond donors (Lipinski definition) is 1. The van der Waals surface area contributed by atoms with Gasteiger partial charge in [0.15, 0.2) is 5.60 Å². The number of hydrogen-bond acceptors (Lipinski definition) is 7. The van der Waals surface area contributed by atoms with E-state index in [1.165, 1.54) is 6.07 Å². The predicted molar refractivity (Wildman–Crippen MR) is 132 cm³/mol. The number of phenols is 1. The van der Waals surface area contributed by atoms with Crippen LogP contribution in [0, 0.1) is 13.8 Å². The van der Waals surface area contributed by atoms with Crippen molar-refractivity contribution in [2.24, 2.45) is 0 Å². The number of phosphoric ester groups is 1. The first-order valence-corrected chi connectivity index (χ1v) is 13.3. The molecule has 0 aromatic heterocycles. The molecule has 1 aliphatic heterocycles. The van der Waals surface area contributed by atoms with Crippen molar-refractivity contribution >= 4 is 13.8 Å². The zero-order valence-corrected chi connectivity index (χ0v) is 22.0. The van der Waals surface area contributed by atoms with E-state index in [2.05, 4.69) is 0 Å². The van der Waals surface area contributed by atoms with Gasteiger partial charge < -0.3 is 28.7 Å². The van der Waals surface area contributed by atoms with Crippen molar-refractivity contribution in [3.63, 3.8) is 0 Å². The predicted octanol–water partition coefficient (Wildman–Crippen LogP) is 4.93. The minimum atomic E-state index is -5.29. The maximum Gasteiger partial charge on any atom is 0.340 e. The summed E-state index contributed by atoms with van der Waals surface area (Å²) in [5.41, 5.74) is 3.54. The molecule has 7 nitrogen and oxygen atoms in total. The normalized spacial score (nSPS) is 17.4. The zero-order valence-electron chi connectivity index (χ0n) is 21.1. The van der Waals surface area contributed by atoms with E-state index in [9.17, 15) is 24.3 Å². The summed E-state index contributed by atoms with van der Waals surface area (Å²) in [6.45, 7) is 11.3. The van der Waals surface area contributed by atoms with Gasteiger partial charge in [-0.3, -0.25) is 0 Å². The lowest BCUT2D eigenvalue weighted by molar-refractivity contribution is -0.333. The molecular formula is C28H29O7P-2. The van der Waals surface area contributed by atoms with Crippen molar-refractivity contribution in [3.05, 3.63) is 93.0 Å². The molecule has 0 saturated carbocycles. The molecule has 0 amide bonds. The molecule has 0 saturated heterocycles. The van der Waals surface area contributed by atoms with Crippen LogP contribution in [0.1, 0.15) is 88.8 Å². The van der Waals surface area contributed by atoms with E-state index in [1.807, 2.05) is 45.9 Å². The number of fused-ring (bicyclic) bond motifs is 1. The molecule has 0 bridgehead atoms. The quantitative estimate of drug-likeness (QED) is 0.371. The van der Waals surface area contributed by atoms with Gasteiger partial charge in [-0.15, -0.1) is 0 Å². The van der Waals surface area contributed by atoms with Crippen LogP contribution >= 0.6 is 7.82 Å². The fourth-order valence-electron chi connectivity index (χ4n) is 4.96. The number of esters is 1. The summed E-state index contributed by atoms with van der Waals surface area (Å²) in [4.78, 5) is 36.1. The summed E-state index contributed by atoms with van der Waals surface area (Å²) in [6, 6.07) is 14.0. The molecule has 190 valence electrons. The Labute approximate surface area is 211 Å². The van der Waals surface area contributed by atoms with E-state index in [1.54, 1.807) is 38.1 Å². The van der Waals surface area contributed by atoms with Gasteiger partial charge in [-0.1, -0.05) is 45.9 Å². The summed E-state index contributed by atoms with van der Waals surface area (Å²) in [6.07, 6.45) is 0. The van der Waals surface area contributed by atoms with E-state index in [0.717, 1.165) is 5.56 Å². The molecule has 8 heteroatoms. The largest absolute Gasteiger partial charge is 0.780 e. The standard InChI is InChI=1S/C28H31O7P/c1-15(2)20-13-25(29)17(5)11-23(20)28(22-10-8-7-9-19(22)27(30)34-28)24-12-18(6)26(35-36(31,32)33)14-21(24)16(3)4/h7-16,29H,1-6H3,(H2,31,32,33)/p-2/t28-/m1/s1. The molecule has 1 heterocycles. The van der Waals surface area contributed by atoms with Gasteiger partial charge in [-0.05, 0) is 78.3 Å². The fraction of sp³-hybridized carbons (Fsp3) is 0.321. The summed E-state index contributed by atoms with van der Waals surface area (Å²) in [5.74, 6) is -0.574. The first-order valence-electron chi connectivity index (χ1n) is 11.8. The molecular weight excluding hydrogens is 479 g/mol. The fourth-order valence-corrected chi connectivity index (χ4v) is 5.40. The van der Waals surface area contributed by atoms with E-state index < -0.39 is 19.4 Å². The Hall–Kier alpha value is -3.12. The number of aromatic hydroxyl groups is 1. The lowest BCUT2D eigenvalue weighted by Crippen LogP contribution is -2.33. The van der Waals surface area contributed by atoms with Gasteiger partial charge in [0.05, 0.1) is 5.56 Å². The van der Waals surface area contributed by atoms with E-state index in [0.29, 0.717) is 38.9 Å². The molecule has 0 radical (unpaired) electrons. The molecule has 0 aliphatic carbocycles. The lowest BCUT2D eigenvalue weighted by Gasteiger charge is -2.37. The maximum atomic E-state index is 13.3. The van der Waals surface area contributed by atoms with Crippen LogP contribution < -0.4 is 14.3 Å². The molecule has 36 heavy (non-hydrogen) atoms. The van der Waals surface area contributed by atoms with E-state index in [4.69, 9.17) is 9.26 Å². The number of benzene rings is 3. The van der Waals surface area contributed by atoms with Gasteiger partial charge >= 0.3 is 5.97 Å². The molecule has 3 aromatic carbocycles. The lowest BCUT2D eigenvalue weighted by atomic mass is 9.72. The average molecular weight is 509 g/mol. The van der Waals surface area contributed by atoms with Crippen LogP contribution in [-0.2, 0) is 14.9 Å². The number of carbonyl (C=O) groups excluding carboxylic acids is 1. The smallest absolute Gasteiger partial charge is 0.340 e. The molecule has 1 atom stereocenters. The van der Waals surface area contributed by atoms with Gasteiger partial charge in [0.25, 0.3) is 0 Å². The van der Waals surface area contributed by atoms with Crippen LogP contribution in [-0.4, -0.2) is 11.1 Å². The van der Waals surface area contributed by atoms with Crippen molar-refractivity contribution in [3.8, 4) is 11.5 Å². The van der Waals surface area contributed by atoms with Crippen molar-refractivity contribution in [1.29, 1.82) is 0 Å². The Morgan fingerprint density at radius 2 is 1.44 bits per heavy atom. The van der Waals surface area contributed by atoms with Crippen molar-refractivity contribution in [2.45, 2.75) is 59.0 Å². The molecule has 0 fully saturated rings. The highest BCUT2D eigenvalue weighted by molar-refractivity contribution is 7.43. The third-order valence-electron chi connectivity index (χ3n) is 6.70. The molecule has 4 rings (SSSR count). The van der Waals surface area contributed by atoms with Gasteiger partial charge in [0.1, 0.15) is 19.3 Å². The summed E-state index contributed by atoms with van der Waals surface area (Å²) in [7, 11) is -5.29. The van der Waals surface area contributed by atoms with Crippen LogP contribution in [0.5, 0.6) is 11.5 Å². The van der Waals surface area contributed by atoms with E-state index in [-0.39, 0.29) is 23.3 Å². The van der Waals surface area contributed by atoms with Crippen LogP contribution in [0.25, 0.3) is 0 Å². The molecule has 0 unspecified atom stereocenters. The molecule has 1 aliphatic rings. The monoisotopic (exact) mass is 508 g/mol. The van der Waals surface area contributed by atoms with Gasteiger partial charge in [-0.2, -0.15) is 0 Å². The second-order valence-corrected chi connectivity index (χ2v) is 11.0. The summed E-state index contributed by atoms with van der Waals surface area (Å²) in [5, 5.41) is 10.5. The van der Waals surface area contributed by atoms with Gasteiger partial charge in [0, 0.05) is 16.7 Å². The number of phosphoric acid groups is 1. The third-order valence-corrected chi connectivity index (χ3v) is 7.12. The minimum absolute atomic E-state index is 0.0205. The first kappa shape index (κ1) is 26.0. The Bertz CT molecular complexity index is 1400. The molecule has 1 N–H and O–H groups in total. The Kier molecular flexibility index (Phi) is 6.54. The molecule has 3 aromatic rings. The number of aryl methyl sites for hydroxylation is 2. The Morgan fingerprint density at radius 1 is 0.889 bits per heavy atom. The van der Waals surface area contributed by atoms with Crippen LogP contribution in [0.4, 0.5) is 0 Å². The number of carbonyl (C=O) groups is 1. The SMILES string of the molecule is Cc1cc([C@]2(c3cc(C)c(OP(=O)([O-])[O-])cc3C(C)C)OC(=O)c3ccccc32)c(C(C)C)cc1O. The number of rotatable bonds is 6. The second kappa shape index (κ2) is 9.07. The van der Waals surface area contributed by atoms with Crippen LogP contribution in [0.3, 0.4) is 0 Å². The minimum Gasteiger partial charge on any atom is -0.780 e. The molecule has 0 spiro atoms. The Morgan fingerprint density at radius 3 is 2.03 bits per heavy atom. The highest BCUT2D eigenvalue weighted by Crippen LogP contribution is 2.53. The summed E-state index contributed by atoms with van der Waals surface area (Å²) >= 11 is 0. The van der Waals surface area contributed by atoms with Crippen molar-refractivity contribution in [1.82, 2.24) is 0 Å². The first-order chi connectivity index (χ1) is 16.8. The van der Waals surface area contributed by atoms with Crippen LogP contribution in [0.2, 0.25) is 0 Å². The number of phenolic OH excluding ortho intramolecular Hbond substituents is 1. The Balaban J connectivity index is 2.16. The number of ether oxygens (including phenoxy) is 1. The highest BCUT2D eigenvalue weighted by atomic mass is 31.2. The maximum absolute atomic E-state index is 13.3. The second-order valence-electron chi connectivity index (χ2n) is 9.90. The summed E-state index contributed by atoms with van der Waals surface area (Å²) < 4.78 is 22.5.